The number of rotatable bonds is 8. The molecule has 28 heavy (non-hydrogen) atoms. The van der Waals surface area contributed by atoms with Crippen molar-refractivity contribution in [2.24, 2.45) is 0 Å². The number of methoxy groups -OCH3 is 1. The molecule has 1 aromatic heterocycles. The van der Waals surface area contributed by atoms with Crippen LogP contribution in [0.15, 0.2) is 60.8 Å². The molecule has 0 aliphatic rings. The number of carbonyl (C=O) groups is 1. The maximum atomic E-state index is 12.6. The van der Waals surface area contributed by atoms with Gasteiger partial charge in [0.05, 0.1) is 19.4 Å². The third-order valence-electron chi connectivity index (χ3n) is 3.95. The van der Waals surface area contributed by atoms with Crippen LogP contribution in [0.2, 0.25) is 0 Å². The molecule has 0 fully saturated rings. The van der Waals surface area contributed by atoms with Crippen molar-refractivity contribution in [3.05, 3.63) is 72.1 Å². The second-order valence-electron chi connectivity index (χ2n) is 5.81. The number of hydrogen-bond donors (Lipinski definition) is 2. The lowest BCUT2D eigenvalue weighted by Gasteiger charge is -2.12. The standard InChI is InChI=1S/C21H22N4O3/c1-3-28-19-11-7-5-9-16(19)24-20(26)17-12-13-22-21(25-17)23-14-15-8-4-6-10-18(15)27-2/h4-13H,3,14H2,1-2H3,(H,24,26)(H,22,23,25). The highest BCUT2D eigenvalue weighted by Crippen LogP contribution is 2.24. The van der Waals surface area contributed by atoms with Gasteiger partial charge in [0.2, 0.25) is 5.95 Å². The van der Waals surface area contributed by atoms with E-state index in [9.17, 15) is 4.79 Å². The second-order valence-corrected chi connectivity index (χ2v) is 5.81. The molecule has 0 atom stereocenters. The van der Waals surface area contributed by atoms with Crippen molar-refractivity contribution in [2.75, 3.05) is 24.4 Å². The van der Waals surface area contributed by atoms with Crippen molar-refractivity contribution >= 4 is 17.5 Å². The van der Waals surface area contributed by atoms with Gasteiger partial charge in [0.15, 0.2) is 0 Å². The molecule has 0 saturated carbocycles. The van der Waals surface area contributed by atoms with Gasteiger partial charge in [-0.3, -0.25) is 4.79 Å². The summed E-state index contributed by atoms with van der Waals surface area (Å²) in [6.07, 6.45) is 1.54. The van der Waals surface area contributed by atoms with Crippen LogP contribution in [0.25, 0.3) is 0 Å². The highest BCUT2D eigenvalue weighted by molar-refractivity contribution is 6.03. The number of carbonyl (C=O) groups excluding carboxylic acids is 1. The number of para-hydroxylation sites is 3. The van der Waals surface area contributed by atoms with Gasteiger partial charge in [0, 0.05) is 18.3 Å². The molecular weight excluding hydrogens is 356 g/mol. The maximum Gasteiger partial charge on any atom is 0.274 e. The van der Waals surface area contributed by atoms with E-state index in [4.69, 9.17) is 9.47 Å². The fourth-order valence-electron chi connectivity index (χ4n) is 2.63. The summed E-state index contributed by atoms with van der Waals surface area (Å²) in [5, 5.41) is 5.95. The minimum Gasteiger partial charge on any atom is -0.496 e. The Morgan fingerprint density at radius 2 is 1.79 bits per heavy atom. The predicted molar refractivity (Wildman–Crippen MR) is 108 cm³/mol. The molecule has 2 N–H and O–H groups in total. The van der Waals surface area contributed by atoms with Gasteiger partial charge in [-0.25, -0.2) is 9.97 Å². The third kappa shape index (κ3) is 4.76. The molecule has 0 saturated heterocycles. The van der Waals surface area contributed by atoms with Gasteiger partial charge in [-0.15, -0.1) is 0 Å². The molecule has 2 aromatic carbocycles. The van der Waals surface area contributed by atoms with Crippen LogP contribution in [-0.4, -0.2) is 29.6 Å². The van der Waals surface area contributed by atoms with Gasteiger partial charge in [-0.1, -0.05) is 30.3 Å². The zero-order chi connectivity index (χ0) is 19.8. The summed E-state index contributed by atoms with van der Waals surface area (Å²) < 4.78 is 10.9. The molecule has 0 bridgehead atoms. The molecule has 7 heteroatoms. The Labute approximate surface area is 163 Å². The van der Waals surface area contributed by atoms with Crippen molar-refractivity contribution < 1.29 is 14.3 Å². The zero-order valence-corrected chi connectivity index (χ0v) is 15.8. The lowest BCUT2D eigenvalue weighted by molar-refractivity contribution is 0.102. The SMILES string of the molecule is CCOc1ccccc1NC(=O)c1ccnc(NCc2ccccc2OC)n1. The third-order valence-corrected chi connectivity index (χ3v) is 3.95. The van der Waals surface area contributed by atoms with E-state index in [-0.39, 0.29) is 11.6 Å². The van der Waals surface area contributed by atoms with Gasteiger partial charge < -0.3 is 20.1 Å². The quantitative estimate of drug-likeness (QED) is 0.621. The van der Waals surface area contributed by atoms with Crippen LogP contribution < -0.4 is 20.1 Å². The van der Waals surface area contributed by atoms with Gasteiger partial charge >= 0.3 is 0 Å². The van der Waals surface area contributed by atoms with E-state index in [1.165, 1.54) is 0 Å². The number of ether oxygens (including phenoxy) is 2. The number of anilines is 2. The lowest BCUT2D eigenvalue weighted by Crippen LogP contribution is -2.16. The van der Waals surface area contributed by atoms with Crippen molar-refractivity contribution in [3.8, 4) is 11.5 Å². The van der Waals surface area contributed by atoms with Crippen LogP contribution in [0.1, 0.15) is 23.0 Å². The fourth-order valence-corrected chi connectivity index (χ4v) is 2.63. The molecule has 0 aliphatic heterocycles. The highest BCUT2D eigenvalue weighted by atomic mass is 16.5. The Morgan fingerprint density at radius 1 is 1.04 bits per heavy atom. The normalized spacial score (nSPS) is 10.2. The zero-order valence-electron chi connectivity index (χ0n) is 15.8. The average Bonchev–Trinajstić information content (AvgIpc) is 2.74. The van der Waals surface area contributed by atoms with Gasteiger partial charge in [-0.2, -0.15) is 0 Å². The number of nitrogens with zero attached hydrogens (tertiary/aromatic N) is 2. The Kier molecular flexibility index (Phi) is 6.41. The molecule has 0 spiro atoms. The monoisotopic (exact) mass is 378 g/mol. The lowest BCUT2D eigenvalue weighted by atomic mass is 10.2. The van der Waals surface area contributed by atoms with Crippen molar-refractivity contribution in [3.63, 3.8) is 0 Å². The van der Waals surface area contributed by atoms with Crippen LogP contribution >= 0.6 is 0 Å². The molecule has 144 valence electrons. The summed E-state index contributed by atoms with van der Waals surface area (Å²) in [6.45, 7) is 2.88. The van der Waals surface area contributed by atoms with E-state index in [2.05, 4.69) is 20.6 Å². The maximum absolute atomic E-state index is 12.6. The van der Waals surface area contributed by atoms with E-state index < -0.39 is 0 Å². The van der Waals surface area contributed by atoms with Crippen molar-refractivity contribution in [1.29, 1.82) is 0 Å². The first-order valence-electron chi connectivity index (χ1n) is 8.93. The van der Waals surface area contributed by atoms with E-state index in [1.807, 2.05) is 43.3 Å². The van der Waals surface area contributed by atoms with Crippen LogP contribution in [0.4, 0.5) is 11.6 Å². The van der Waals surface area contributed by atoms with Crippen molar-refractivity contribution in [1.82, 2.24) is 9.97 Å². The Morgan fingerprint density at radius 3 is 2.57 bits per heavy atom. The van der Waals surface area contributed by atoms with Crippen LogP contribution in [0, 0.1) is 0 Å². The van der Waals surface area contributed by atoms with E-state index in [1.54, 1.807) is 31.5 Å². The minimum atomic E-state index is -0.338. The summed E-state index contributed by atoms with van der Waals surface area (Å²) in [5.74, 6) is 1.41. The number of benzene rings is 2. The molecule has 0 aliphatic carbocycles. The predicted octanol–water partition coefficient (Wildman–Crippen LogP) is 3.75. The number of nitrogens with one attached hydrogen (secondary N) is 2. The Hall–Kier alpha value is -3.61. The first kappa shape index (κ1) is 19.2. The number of amides is 1. The molecule has 3 rings (SSSR count). The van der Waals surface area contributed by atoms with Gasteiger partial charge in [-0.05, 0) is 31.2 Å². The number of aromatic nitrogens is 2. The van der Waals surface area contributed by atoms with Crippen LogP contribution in [0.5, 0.6) is 11.5 Å². The fraction of sp³-hybridized carbons (Fsp3) is 0.190. The second kappa shape index (κ2) is 9.36. The van der Waals surface area contributed by atoms with E-state index >= 15 is 0 Å². The molecular formula is C21H22N4O3. The smallest absolute Gasteiger partial charge is 0.274 e. The summed E-state index contributed by atoms with van der Waals surface area (Å²) in [4.78, 5) is 21.1. The van der Waals surface area contributed by atoms with Gasteiger partial charge in [0.25, 0.3) is 5.91 Å². The van der Waals surface area contributed by atoms with Crippen LogP contribution in [0.3, 0.4) is 0 Å². The average molecular weight is 378 g/mol. The highest BCUT2D eigenvalue weighted by Gasteiger charge is 2.12. The molecule has 1 amide bonds. The summed E-state index contributed by atoms with van der Waals surface area (Å²) in [6, 6.07) is 16.5. The van der Waals surface area contributed by atoms with Crippen molar-refractivity contribution in [2.45, 2.75) is 13.5 Å². The minimum absolute atomic E-state index is 0.254. The molecule has 7 nitrogen and oxygen atoms in total. The first-order chi connectivity index (χ1) is 13.7. The van der Waals surface area contributed by atoms with E-state index in [0.717, 1.165) is 11.3 Å². The van der Waals surface area contributed by atoms with E-state index in [0.29, 0.717) is 30.5 Å². The largest absolute Gasteiger partial charge is 0.496 e. The Balaban J connectivity index is 1.70. The Bertz CT molecular complexity index is 946. The number of hydrogen-bond acceptors (Lipinski definition) is 6. The summed E-state index contributed by atoms with van der Waals surface area (Å²) in [7, 11) is 1.63. The summed E-state index contributed by atoms with van der Waals surface area (Å²) in [5.41, 5.74) is 1.81. The van der Waals surface area contributed by atoms with Crippen LogP contribution in [-0.2, 0) is 6.54 Å². The summed E-state index contributed by atoms with van der Waals surface area (Å²) >= 11 is 0. The first-order valence-corrected chi connectivity index (χ1v) is 8.93. The topological polar surface area (TPSA) is 85.4 Å². The molecule has 0 unspecified atom stereocenters. The molecule has 0 radical (unpaired) electrons. The molecule has 1 heterocycles. The van der Waals surface area contributed by atoms with Gasteiger partial charge in [0.1, 0.15) is 17.2 Å². The molecule has 3 aromatic rings.